The van der Waals surface area contributed by atoms with Gasteiger partial charge in [0.2, 0.25) is 16.9 Å². The van der Waals surface area contributed by atoms with Crippen molar-refractivity contribution in [2.75, 3.05) is 19.0 Å². The maximum atomic E-state index is 11.9. The van der Waals surface area contributed by atoms with E-state index in [0.29, 0.717) is 34.8 Å². The van der Waals surface area contributed by atoms with Gasteiger partial charge in [-0.15, -0.1) is 15.3 Å². The van der Waals surface area contributed by atoms with Gasteiger partial charge in [0.1, 0.15) is 6.10 Å². The highest BCUT2D eigenvalue weighted by atomic mass is 32.2. The summed E-state index contributed by atoms with van der Waals surface area (Å²) in [5, 5.41) is 17.2. The van der Waals surface area contributed by atoms with E-state index >= 15 is 0 Å². The monoisotopic (exact) mass is 484 g/mol. The van der Waals surface area contributed by atoms with Gasteiger partial charge < -0.3 is 14.8 Å². The molecule has 0 atom stereocenters. The number of carbonyl (C=O) groups excluding carboxylic acids is 1. The highest BCUT2D eigenvalue weighted by Gasteiger charge is 2.17. The van der Waals surface area contributed by atoms with E-state index in [4.69, 9.17) is 9.47 Å². The quantitative estimate of drug-likeness (QED) is 0.388. The fraction of sp³-hybridized carbons (Fsp3) is 0.409. The van der Waals surface area contributed by atoms with Crippen LogP contribution in [-0.4, -0.2) is 50.5 Å². The minimum absolute atomic E-state index is 0.113. The smallest absolute Gasteiger partial charge is 0.232 e. The lowest BCUT2D eigenvalue weighted by Gasteiger charge is -2.22. The molecule has 1 aliphatic rings. The van der Waals surface area contributed by atoms with Gasteiger partial charge in [-0.25, -0.2) is 4.98 Å². The van der Waals surface area contributed by atoms with Gasteiger partial charge in [-0.3, -0.25) is 4.79 Å². The van der Waals surface area contributed by atoms with Gasteiger partial charge in [0.15, 0.2) is 10.8 Å². The molecule has 0 bridgehead atoms. The van der Waals surface area contributed by atoms with Crippen molar-refractivity contribution in [3.8, 4) is 5.88 Å². The topological polar surface area (TPSA) is 104 Å². The van der Waals surface area contributed by atoms with Crippen LogP contribution >= 0.6 is 23.1 Å². The number of thiazole rings is 1. The van der Waals surface area contributed by atoms with E-state index in [9.17, 15) is 4.79 Å². The highest BCUT2D eigenvalue weighted by Crippen LogP contribution is 2.33. The molecule has 172 valence electrons. The van der Waals surface area contributed by atoms with Crippen LogP contribution in [-0.2, 0) is 9.53 Å². The molecule has 9 nitrogen and oxygen atoms in total. The zero-order valence-corrected chi connectivity index (χ0v) is 19.8. The molecule has 5 rings (SSSR count). The number of nitrogens with zero attached hydrogens (tertiary/aromatic N) is 5. The molecule has 4 aromatic rings. The van der Waals surface area contributed by atoms with Crippen molar-refractivity contribution >= 4 is 50.0 Å². The van der Waals surface area contributed by atoms with E-state index in [0.717, 1.165) is 28.0 Å². The average Bonchev–Trinajstić information content (AvgIpc) is 3.41. The first-order chi connectivity index (χ1) is 16.2. The van der Waals surface area contributed by atoms with Crippen molar-refractivity contribution in [2.24, 2.45) is 0 Å². The fourth-order valence-corrected chi connectivity index (χ4v) is 5.56. The molecule has 1 fully saturated rings. The Morgan fingerprint density at radius 2 is 2.09 bits per heavy atom. The molecule has 0 spiro atoms. The molecule has 3 heterocycles. The largest absolute Gasteiger partial charge is 0.473 e. The summed E-state index contributed by atoms with van der Waals surface area (Å²) >= 11 is 2.91. The second-order valence-corrected chi connectivity index (χ2v) is 9.91. The SMILES string of the molecule is COCCC(=O)Nc1nc2ccc(Sc3nnc4ccc(OC5CCCCC5)nn34)cc2s1. The third-order valence-corrected chi connectivity index (χ3v) is 7.26. The second-order valence-electron chi connectivity index (χ2n) is 7.84. The number of anilines is 1. The van der Waals surface area contributed by atoms with E-state index < -0.39 is 0 Å². The van der Waals surface area contributed by atoms with E-state index in [2.05, 4.69) is 25.6 Å². The number of fused-ring (bicyclic) bond motifs is 2. The molecular weight excluding hydrogens is 460 g/mol. The third kappa shape index (κ3) is 5.26. The van der Waals surface area contributed by atoms with Crippen molar-refractivity contribution in [2.45, 2.75) is 54.7 Å². The van der Waals surface area contributed by atoms with Gasteiger partial charge in [-0.05, 0) is 61.7 Å². The Kier molecular flexibility index (Phi) is 6.70. The Hall–Kier alpha value is -2.76. The second kappa shape index (κ2) is 10.0. The van der Waals surface area contributed by atoms with Crippen LogP contribution in [0.3, 0.4) is 0 Å². The van der Waals surface area contributed by atoms with Crippen LogP contribution in [0.25, 0.3) is 15.9 Å². The van der Waals surface area contributed by atoms with Gasteiger partial charge in [-0.2, -0.15) is 4.52 Å². The van der Waals surface area contributed by atoms with Gasteiger partial charge in [0, 0.05) is 18.1 Å². The van der Waals surface area contributed by atoms with Crippen LogP contribution in [0.2, 0.25) is 0 Å². The Morgan fingerprint density at radius 3 is 2.94 bits per heavy atom. The normalized spacial score (nSPS) is 14.7. The molecule has 1 aromatic carbocycles. The molecule has 0 unspecified atom stereocenters. The zero-order valence-electron chi connectivity index (χ0n) is 18.2. The molecule has 1 N–H and O–H groups in total. The minimum Gasteiger partial charge on any atom is -0.473 e. The molecule has 11 heteroatoms. The number of nitrogens with one attached hydrogen (secondary N) is 1. The molecular formula is C22H24N6O3S2. The van der Waals surface area contributed by atoms with Gasteiger partial charge in [0.05, 0.1) is 23.2 Å². The summed E-state index contributed by atoms with van der Waals surface area (Å²) in [6.07, 6.45) is 6.38. The highest BCUT2D eigenvalue weighted by molar-refractivity contribution is 7.99. The van der Waals surface area contributed by atoms with Gasteiger partial charge in [-0.1, -0.05) is 17.8 Å². The number of methoxy groups -OCH3 is 1. The molecule has 0 saturated heterocycles. The molecule has 1 aliphatic carbocycles. The van der Waals surface area contributed by atoms with E-state index in [1.165, 1.54) is 42.4 Å². The number of carbonyl (C=O) groups is 1. The summed E-state index contributed by atoms with van der Waals surface area (Å²) in [4.78, 5) is 17.4. The minimum atomic E-state index is -0.113. The number of hydrogen-bond acceptors (Lipinski definition) is 9. The molecule has 1 saturated carbocycles. The Morgan fingerprint density at radius 1 is 1.21 bits per heavy atom. The van der Waals surface area contributed by atoms with Crippen molar-refractivity contribution in [1.82, 2.24) is 24.8 Å². The summed E-state index contributed by atoms with van der Waals surface area (Å²) in [7, 11) is 1.57. The lowest BCUT2D eigenvalue weighted by molar-refractivity contribution is -0.117. The first kappa shape index (κ1) is 22.1. The standard InChI is InChI=1S/C22H24N6O3S2/c1-30-12-11-19(29)24-21-23-16-8-7-15(13-17(16)33-21)32-22-26-25-18-9-10-20(27-28(18)22)31-14-5-3-2-4-6-14/h7-10,13-14H,2-6,11-12H2,1H3,(H,23,24,29). The number of aromatic nitrogens is 5. The number of hydrogen-bond donors (Lipinski definition) is 1. The van der Waals surface area contributed by atoms with Crippen molar-refractivity contribution in [3.05, 3.63) is 30.3 Å². The molecule has 0 radical (unpaired) electrons. The molecule has 3 aromatic heterocycles. The van der Waals surface area contributed by atoms with Crippen molar-refractivity contribution in [1.29, 1.82) is 0 Å². The van der Waals surface area contributed by atoms with E-state index in [-0.39, 0.29) is 12.0 Å². The number of ether oxygens (including phenoxy) is 2. The Labute approximate surface area is 198 Å². The first-order valence-corrected chi connectivity index (χ1v) is 12.6. The van der Waals surface area contributed by atoms with Gasteiger partial charge >= 0.3 is 0 Å². The summed E-state index contributed by atoms with van der Waals surface area (Å²) in [5.74, 6) is 0.487. The lowest BCUT2D eigenvalue weighted by atomic mass is 9.98. The summed E-state index contributed by atoms with van der Waals surface area (Å²) in [5.41, 5.74) is 1.51. The summed E-state index contributed by atoms with van der Waals surface area (Å²) in [6.45, 7) is 0.380. The molecule has 0 aliphatic heterocycles. The summed E-state index contributed by atoms with van der Waals surface area (Å²) in [6, 6.07) is 9.69. The number of benzene rings is 1. The van der Waals surface area contributed by atoms with Crippen LogP contribution < -0.4 is 10.1 Å². The van der Waals surface area contributed by atoms with Crippen molar-refractivity contribution in [3.63, 3.8) is 0 Å². The van der Waals surface area contributed by atoms with Crippen LogP contribution in [0.1, 0.15) is 38.5 Å². The van der Waals surface area contributed by atoms with Crippen LogP contribution in [0.15, 0.2) is 40.4 Å². The maximum absolute atomic E-state index is 11.9. The van der Waals surface area contributed by atoms with Crippen molar-refractivity contribution < 1.29 is 14.3 Å². The fourth-order valence-electron chi connectivity index (χ4n) is 3.74. The predicted octanol–water partition coefficient (Wildman–Crippen LogP) is 4.57. The predicted molar refractivity (Wildman–Crippen MR) is 127 cm³/mol. The molecule has 33 heavy (non-hydrogen) atoms. The Bertz CT molecular complexity index is 1270. The maximum Gasteiger partial charge on any atom is 0.232 e. The zero-order chi connectivity index (χ0) is 22.6. The Balaban J connectivity index is 1.32. The van der Waals surface area contributed by atoms with E-state index in [1.54, 1.807) is 11.6 Å². The van der Waals surface area contributed by atoms with Gasteiger partial charge in [0.25, 0.3) is 0 Å². The van der Waals surface area contributed by atoms with Crippen LogP contribution in [0.5, 0.6) is 5.88 Å². The number of amides is 1. The first-order valence-electron chi connectivity index (χ1n) is 10.9. The number of rotatable bonds is 8. The third-order valence-electron chi connectivity index (χ3n) is 5.40. The molecule has 1 amide bonds. The van der Waals surface area contributed by atoms with Crippen LogP contribution in [0, 0.1) is 0 Å². The van der Waals surface area contributed by atoms with E-state index in [1.807, 2.05) is 30.3 Å². The lowest BCUT2D eigenvalue weighted by Crippen LogP contribution is -2.20. The summed E-state index contributed by atoms with van der Waals surface area (Å²) < 4.78 is 13.8. The van der Waals surface area contributed by atoms with Crippen LogP contribution in [0.4, 0.5) is 5.13 Å². The average molecular weight is 485 g/mol.